The van der Waals surface area contributed by atoms with E-state index in [1.54, 1.807) is 23.9 Å². The quantitative estimate of drug-likeness (QED) is 0.801. The van der Waals surface area contributed by atoms with Gasteiger partial charge in [0.25, 0.3) is 5.91 Å². The molecule has 0 radical (unpaired) electrons. The SMILES string of the molecule is COCCn1nc2c(c1C(=O)NCc1nc(C)ccc1O)C[C@H](C)O[C@@H]2C. The minimum atomic E-state index is -0.246. The van der Waals surface area contributed by atoms with Crippen LogP contribution in [0.5, 0.6) is 5.75 Å². The van der Waals surface area contributed by atoms with Crippen molar-refractivity contribution in [3.8, 4) is 5.75 Å². The third-order valence-corrected chi connectivity index (χ3v) is 4.62. The lowest BCUT2D eigenvalue weighted by atomic mass is 9.99. The van der Waals surface area contributed by atoms with Crippen molar-refractivity contribution in [3.63, 3.8) is 0 Å². The fourth-order valence-electron chi connectivity index (χ4n) is 3.37. The van der Waals surface area contributed by atoms with Crippen LogP contribution < -0.4 is 5.32 Å². The Labute approximate surface area is 158 Å². The summed E-state index contributed by atoms with van der Waals surface area (Å²) >= 11 is 0. The van der Waals surface area contributed by atoms with E-state index in [-0.39, 0.29) is 30.4 Å². The van der Waals surface area contributed by atoms with Gasteiger partial charge < -0.3 is 19.9 Å². The molecule has 0 saturated heterocycles. The smallest absolute Gasteiger partial charge is 0.270 e. The Bertz CT molecular complexity index is 833. The molecule has 0 unspecified atom stereocenters. The predicted molar refractivity (Wildman–Crippen MR) is 98.6 cm³/mol. The number of nitrogens with one attached hydrogen (secondary N) is 1. The Balaban J connectivity index is 1.87. The molecule has 3 rings (SSSR count). The average molecular weight is 374 g/mol. The first-order valence-corrected chi connectivity index (χ1v) is 9.08. The molecule has 3 heterocycles. The van der Waals surface area contributed by atoms with Crippen molar-refractivity contribution >= 4 is 5.91 Å². The van der Waals surface area contributed by atoms with Crippen molar-refractivity contribution in [3.05, 3.63) is 40.5 Å². The maximum atomic E-state index is 13.0. The van der Waals surface area contributed by atoms with Crippen LogP contribution >= 0.6 is 0 Å². The van der Waals surface area contributed by atoms with Gasteiger partial charge in [0.1, 0.15) is 17.1 Å². The fourth-order valence-corrected chi connectivity index (χ4v) is 3.37. The zero-order valence-corrected chi connectivity index (χ0v) is 16.2. The molecule has 1 aliphatic heterocycles. The number of carbonyl (C=O) groups is 1. The molecule has 0 spiro atoms. The summed E-state index contributed by atoms with van der Waals surface area (Å²) in [4.78, 5) is 17.3. The number of hydrogen-bond donors (Lipinski definition) is 2. The van der Waals surface area contributed by atoms with E-state index >= 15 is 0 Å². The molecule has 2 N–H and O–H groups in total. The average Bonchev–Trinajstić information content (AvgIpc) is 2.99. The van der Waals surface area contributed by atoms with Crippen molar-refractivity contribution < 1.29 is 19.4 Å². The second kappa shape index (κ2) is 8.06. The molecule has 8 heteroatoms. The van der Waals surface area contributed by atoms with Gasteiger partial charge in [0, 0.05) is 24.8 Å². The van der Waals surface area contributed by atoms with Gasteiger partial charge in [-0.1, -0.05) is 0 Å². The number of methoxy groups -OCH3 is 1. The maximum Gasteiger partial charge on any atom is 0.270 e. The van der Waals surface area contributed by atoms with E-state index in [2.05, 4.69) is 15.4 Å². The molecule has 2 atom stereocenters. The van der Waals surface area contributed by atoms with E-state index in [1.165, 1.54) is 0 Å². The summed E-state index contributed by atoms with van der Waals surface area (Å²) in [5.74, 6) is -0.185. The number of hydrogen-bond acceptors (Lipinski definition) is 6. The highest BCUT2D eigenvalue weighted by molar-refractivity contribution is 5.94. The van der Waals surface area contributed by atoms with Gasteiger partial charge in [-0.05, 0) is 32.9 Å². The normalized spacial score (nSPS) is 19.0. The van der Waals surface area contributed by atoms with Crippen LogP contribution in [0.1, 0.15) is 53.1 Å². The topological polar surface area (TPSA) is 98.5 Å². The Morgan fingerprint density at radius 1 is 1.44 bits per heavy atom. The molecule has 27 heavy (non-hydrogen) atoms. The summed E-state index contributed by atoms with van der Waals surface area (Å²) in [6.07, 6.45) is 0.479. The first kappa shape index (κ1) is 19.3. The van der Waals surface area contributed by atoms with Gasteiger partial charge >= 0.3 is 0 Å². The molecule has 0 aliphatic carbocycles. The molecule has 0 fully saturated rings. The van der Waals surface area contributed by atoms with E-state index < -0.39 is 0 Å². The highest BCUT2D eigenvalue weighted by Gasteiger charge is 2.32. The molecular formula is C19H26N4O4. The zero-order chi connectivity index (χ0) is 19.6. The minimum absolute atomic E-state index is 0.0154. The molecule has 1 aliphatic rings. The predicted octanol–water partition coefficient (Wildman–Crippen LogP) is 1.89. The standard InChI is InChI=1S/C19H26N4O4/c1-11-5-6-16(24)15(21-11)10-20-19(25)18-14-9-12(2)27-13(3)17(14)22-23(18)7-8-26-4/h5-6,12-13,24H,7-10H2,1-4H3,(H,20,25)/t12-,13+/m0/s1. The van der Waals surface area contributed by atoms with E-state index in [1.807, 2.05) is 20.8 Å². The van der Waals surface area contributed by atoms with E-state index in [0.717, 1.165) is 17.0 Å². The minimum Gasteiger partial charge on any atom is -0.506 e. The lowest BCUT2D eigenvalue weighted by Crippen LogP contribution is -2.29. The summed E-state index contributed by atoms with van der Waals surface area (Å²) in [6, 6.07) is 3.30. The van der Waals surface area contributed by atoms with Crippen LogP contribution in [0.25, 0.3) is 0 Å². The van der Waals surface area contributed by atoms with Crippen LogP contribution in [-0.2, 0) is 29.0 Å². The number of amides is 1. The maximum absolute atomic E-state index is 13.0. The van der Waals surface area contributed by atoms with Crippen LogP contribution in [0.15, 0.2) is 12.1 Å². The lowest BCUT2D eigenvalue weighted by molar-refractivity contribution is -0.00716. The van der Waals surface area contributed by atoms with Gasteiger partial charge in [0.05, 0.1) is 37.6 Å². The second-order valence-corrected chi connectivity index (χ2v) is 6.82. The monoisotopic (exact) mass is 374 g/mol. The second-order valence-electron chi connectivity index (χ2n) is 6.82. The van der Waals surface area contributed by atoms with Crippen molar-refractivity contribution in [2.75, 3.05) is 13.7 Å². The number of carbonyl (C=O) groups excluding carboxylic acids is 1. The number of aromatic hydroxyl groups is 1. The summed E-state index contributed by atoms with van der Waals surface area (Å²) in [5, 5.41) is 17.4. The van der Waals surface area contributed by atoms with Crippen LogP contribution in [0.3, 0.4) is 0 Å². The summed E-state index contributed by atoms with van der Waals surface area (Å²) in [5.41, 5.74) is 3.45. The van der Waals surface area contributed by atoms with Crippen molar-refractivity contribution in [2.45, 2.75) is 52.5 Å². The van der Waals surface area contributed by atoms with Crippen molar-refractivity contribution in [2.24, 2.45) is 0 Å². The summed E-state index contributed by atoms with van der Waals surface area (Å²) in [6.45, 7) is 6.83. The Morgan fingerprint density at radius 3 is 2.96 bits per heavy atom. The molecule has 2 aromatic heterocycles. The molecule has 1 amide bonds. The number of nitrogens with zero attached hydrogens (tertiary/aromatic N) is 3. The largest absolute Gasteiger partial charge is 0.506 e. The fraction of sp³-hybridized carbons (Fsp3) is 0.526. The molecule has 0 aromatic carbocycles. The van der Waals surface area contributed by atoms with E-state index in [0.29, 0.717) is 31.0 Å². The van der Waals surface area contributed by atoms with Gasteiger partial charge in [-0.15, -0.1) is 0 Å². The molecule has 0 bridgehead atoms. The first-order chi connectivity index (χ1) is 12.9. The highest BCUT2D eigenvalue weighted by Crippen LogP contribution is 2.31. The van der Waals surface area contributed by atoms with Crippen LogP contribution in [-0.4, -0.2) is 45.6 Å². The van der Waals surface area contributed by atoms with Crippen LogP contribution in [0.4, 0.5) is 0 Å². The third-order valence-electron chi connectivity index (χ3n) is 4.62. The number of fused-ring (bicyclic) bond motifs is 1. The molecule has 2 aromatic rings. The number of ether oxygens (including phenoxy) is 2. The number of aryl methyl sites for hydroxylation is 1. The van der Waals surface area contributed by atoms with Crippen molar-refractivity contribution in [1.82, 2.24) is 20.1 Å². The van der Waals surface area contributed by atoms with Gasteiger partial charge in [-0.3, -0.25) is 14.5 Å². The zero-order valence-electron chi connectivity index (χ0n) is 16.2. The number of pyridine rings is 1. The molecular weight excluding hydrogens is 348 g/mol. The Morgan fingerprint density at radius 2 is 2.22 bits per heavy atom. The Hall–Kier alpha value is -2.45. The molecule has 8 nitrogen and oxygen atoms in total. The summed E-state index contributed by atoms with van der Waals surface area (Å²) < 4.78 is 12.7. The molecule has 0 saturated carbocycles. The summed E-state index contributed by atoms with van der Waals surface area (Å²) in [7, 11) is 1.61. The van der Waals surface area contributed by atoms with Gasteiger partial charge in [0.15, 0.2) is 0 Å². The van der Waals surface area contributed by atoms with Crippen LogP contribution in [0.2, 0.25) is 0 Å². The van der Waals surface area contributed by atoms with Gasteiger partial charge in [-0.25, -0.2) is 0 Å². The first-order valence-electron chi connectivity index (χ1n) is 9.08. The third kappa shape index (κ3) is 4.12. The van der Waals surface area contributed by atoms with Gasteiger partial charge in [0.2, 0.25) is 0 Å². The van der Waals surface area contributed by atoms with E-state index in [4.69, 9.17) is 9.47 Å². The Kier molecular flexibility index (Phi) is 5.76. The van der Waals surface area contributed by atoms with Crippen LogP contribution in [0, 0.1) is 6.92 Å². The van der Waals surface area contributed by atoms with Gasteiger partial charge in [-0.2, -0.15) is 5.10 Å². The number of aromatic nitrogens is 3. The highest BCUT2D eigenvalue weighted by atomic mass is 16.5. The number of rotatable bonds is 6. The molecule has 146 valence electrons. The lowest BCUT2D eigenvalue weighted by Gasteiger charge is -2.24. The van der Waals surface area contributed by atoms with E-state index in [9.17, 15) is 9.90 Å². The van der Waals surface area contributed by atoms with Crippen molar-refractivity contribution in [1.29, 1.82) is 0 Å².